The molecule has 0 aromatic heterocycles. The summed E-state index contributed by atoms with van der Waals surface area (Å²) in [5.41, 5.74) is 0.979. The first-order chi connectivity index (χ1) is 8.77. The van der Waals surface area contributed by atoms with Gasteiger partial charge in [0, 0.05) is 15.5 Å². The largest absolute Gasteiger partial charge is 0.483 e. The molecule has 1 N–H and O–H groups in total. The Balaban J connectivity index is 2.21. The van der Waals surface area contributed by atoms with Gasteiger partial charge in [-0.25, -0.2) is 4.89 Å². The Hall–Kier alpha value is -0.580. The van der Waals surface area contributed by atoms with E-state index in [4.69, 9.17) is 9.62 Å². The maximum Gasteiger partial charge on any atom is 0.147 e. The molecule has 0 bridgehead atoms. The molecular weight excluding hydrogens is 308 g/mol. The SMILES string of the molecule is Cc1cc2c(cc1Br)[C@]1(C)CC[C@@](C)(OO)[C@]1(C)O2. The van der Waals surface area contributed by atoms with Gasteiger partial charge in [0.05, 0.1) is 0 Å². The van der Waals surface area contributed by atoms with Gasteiger partial charge in [-0.1, -0.05) is 22.9 Å². The first-order valence-electron chi connectivity index (χ1n) is 6.60. The Kier molecular flexibility index (Phi) is 2.64. The van der Waals surface area contributed by atoms with Gasteiger partial charge >= 0.3 is 0 Å². The molecule has 1 heterocycles. The fourth-order valence-corrected chi connectivity index (χ4v) is 4.03. The first-order valence-corrected chi connectivity index (χ1v) is 7.39. The van der Waals surface area contributed by atoms with E-state index in [1.54, 1.807) is 0 Å². The van der Waals surface area contributed by atoms with Gasteiger partial charge in [-0.05, 0) is 51.3 Å². The van der Waals surface area contributed by atoms with Crippen LogP contribution in [0.4, 0.5) is 0 Å². The first kappa shape index (κ1) is 13.4. The lowest BCUT2D eigenvalue weighted by Gasteiger charge is -2.41. The summed E-state index contributed by atoms with van der Waals surface area (Å²) >= 11 is 3.60. The number of halogens is 1. The average Bonchev–Trinajstić information content (AvgIpc) is 2.69. The van der Waals surface area contributed by atoms with Crippen LogP contribution < -0.4 is 4.74 Å². The van der Waals surface area contributed by atoms with Crippen molar-refractivity contribution in [3.63, 3.8) is 0 Å². The van der Waals surface area contributed by atoms with E-state index in [1.165, 1.54) is 5.56 Å². The van der Waals surface area contributed by atoms with Gasteiger partial charge < -0.3 is 4.74 Å². The molecule has 3 rings (SSSR count). The molecule has 1 aromatic rings. The zero-order chi connectivity index (χ0) is 14.1. The van der Waals surface area contributed by atoms with Gasteiger partial charge in [0.1, 0.15) is 17.0 Å². The third-order valence-corrected chi connectivity index (χ3v) is 6.39. The smallest absolute Gasteiger partial charge is 0.147 e. The molecule has 4 heteroatoms. The molecule has 0 amide bonds. The summed E-state index contributed by atoms with van der Waals surface area (Å²) in [6, 6.07) is 4.21. The minimum Gasteiger partial charge on any atom is -0.483 e. The van der Waals surface area contributed by atoms with Crippen LogP contribution in [0.25, 0.3) is 0 Å². The highest BCUT2D eigenvalue weighted by molar-refractivity contribution is 9.10. The fourth-order valence-electron chi connectivity index (χ4n) is 3.68. The average molecular weight is 327 g/mol. The van der Waals surface area contributed by atoms with Crippen LogP contribution in [0.1, 0.15) is 44.7 Å². The van der Waals surface area contributed by atoms with Crippen LogP contribution >= 0.6 is 15.9 Å². The third-order valence-electron chi connectivity index (χ3n) is 5.53. The third kappa shape index (κ3) is 1.40. The van der Waals surface area contributed by atoms with Crippen LogP contribution in [-0.2, 0) is 10.3 Å². The van der Waals surface area contributed by atoms with E-state index in [9.17, 15) is 5.26 Å². The van der Waals surface area contributed by atoms with E-state index in [0.29, 0.717) is 0 Å². The number of hydrogen-bond donors (Lipinski definition) is 1. The molecule has 0 saturated heterocycles. The predicted molar refractivity (Wildman–Crippen MR) is 76.6 cm³/mol. The molecule has 1 saturated carbocycles. The van der Waals surface area contributed by atoms with Crippen molar-refractivity contribution in [2.45, 2.75) is 57.2 Å². The summed E-state index contributed by atoms with van der Waals surface area (Å²) in [6.45, 7) is 8.21. The van der Waals surface area contributed by atoms with E-state index < -0.39 is 11.2 Å². The summed E-state index contributed by atoms with van der Waals surface area (Å²) in [4.78, 5) is 4.84. The summed E-state index contributed by atoms with van der Waals surface area (Å²) in [5.74, 6) is 0.911. The van der Waals surface area contributed by atoms with E-state index in [-0.39, 0.29) is 5.41 Å². The van der Waals surface area contributed by atoms with E-state index in [0.717, 1.165) is 28.6 Å². The highest BCUT2D eigenvalue weighted by Gasteiger charge is 2.69. The molecular formula is C15H19BrO3. The maximum atomic E-state index is 9.35. The number of hydrogen-bond acceptors (Lipinski definition) is 3. The monoisotopic (exact) mass is 326 g/mol. The zero-order valence-electron chi connectivity index (χ0n) is 11.7. The van der Waals surface area contributed by atoms with Gasteiger partial charge in [0.2, 0.25) is 0 Å². The summed E-state index contributed by atoms with van der Waals surface area (Å²) < 4.78 is 7.35. The molecule has 1 aliphatic carbocycles. The van der Waals surface area contributed by atoms with Crippen LogP contribution in [0.15, 0.2) is 16.6 Å². The van der Waals surface area contributed by atoms with Gasteiger partial charge in [-0.15, -0.1) is 0 Å². The number of rotatable bonds is 1. The Labute approximate surface area is 122 Å². The molecule has 19 heavy (non-hydrogen) atoms. The molecule has 0 spiro atoms. The van der Waals surface area contributed by atoms with Crippen LogP contribution in [0.5, 0.6) is 5.75 Å². The fraction of sp³-hybridized carbons (Fsp3) is 0.600. The van der Waals surface area contributed by atoms with Gasteiger partial charge in [0.25, 0.3) is 0 Å². The Morgan fingerprint density at radius 3 is 2.58 bits per heavy atom. The standard InChI is InChI=1S/C15H19BrO3/c1-9-7-12-10(8-11(9)16)13(2)5-6-14(3,19-17)15(13,4)18-12/h7-8,17H,5-6H2,1-4H3/t13-,14+,15+/m0/s1. The van der Waals surface area contributed by atoms with Crippen LogP contribution in [0.2, 0.25) is 0 Å². The van der Waals surface area contributed by atoms with Crippen molar-refractivity contribution in [1.29, 1.82) is 0 Å². The minimum atomic E-state index is -0.679. The Morgan fingerprint density at radius 1 is 1.26 bits per heavy atom. The van der Waals surface area contributed by atoms with Crippen molar-refractivity contribution in [1.82, 2.24) is 0 Å². The lowest BCUT2D eigenvalue weighted by molar-refractivity contribution is -0.347. The molecule has 1 fully saturated rings. The van der Waals surface area contributed by atoms with Gasteiger partial charge in [0.15, 0.2) is 0 Å². The van der Waals surface area contributed by atoms with Gasteiger partial charge in [-0.3, -0.25) is 5.26 Å². The summed E-state index contributed by atoms with van der Waals surface area (Å²) in [7, 11) is 0. The maximum absolute atomic E-state index is 9.35. The molecule has 2 aliphatic rings. The number of fused-ring (bicyclic) bond motifs is 3. The summed E-state index contributed by atoms with van der Waals surface area (Å²) in [6.07, 6.45) is 1.71. The predicted octanol–water partition coefficient (Wildman–Crippen LogP) is 4.21. The van der Waals surface area contributed by atoms with Gasteiger partial charge in [-0.2, -0.15) is 0 Å². The lowest BCUT2D eigenvalue weighted by atomic mass is 9.70. The van der Waals surface area contributed by atoms with Crippen molar-refractivity contribution in [3.8, 4) is 5.75 Å². The number of benzene rings is 1. The number of aryl methyl sites for hydroxylation is 1. The second kappa shape index (κ2) is 3.74. The van der Waals surface area contributed by atoms with Crippen molar-refractivity contribution < 1.29 is 14.9 Å². The topological polar surface area (TPSA) is 38.7 Å². The molecule has 3 nitrogen and oxygen atoms in total. The highest BCUT2D eigenvalue weighted by atomic mass is 79.9. The van der Waals surface area contributed by atoms with Crippen LogP contribution in [0, 0.1) is 6.92 Å². The second-order valence-electron chi connectivity index (χ2n) is 6.39. The molecule has 104 valence electrons. The summed E-state index contributed by atoms with van der Waals surface area (Å²) in [5, 5.41) is 9.35. The van der Waals surface area contributed by atoms with Crippen molar-refractivity contribution in [2.75, 3.05) is 0 Å². The quantitative estimate of drug-likeness (QED) is 0.620. The molecule has 3 atom stereocenters. The van der Waals surface area contributed by atoms with Crippen molar-refractivity contribution in [3.05, 3.63) is 27.7 Å². The minimum absolute atomic E-state index is 0.143. The lowest BCUT2D eigenvalue weighted by Crippen LogP contribution is -2.57. The van der Waals surface area contributed by atoms with E-state index in [1.807, 2.05) is 20.8 Å². The second-order valence-corrected chi connectivity index (χ2v) is 7.24. The zero-order valence-corrected chi connectivity index (χ0v) is 13.3. The number of ether oxygens (including phenoxy) is 1. The van der Waals surface area contributed by atoms with Crippen LogP contribution in [-0.4, -0.2) is 16.5 Å². The van der Waals surface area contributed by atoms with Crippen molar-refractivity contribution in [2.24, 2.45) is 0 Å². The highest BCUT2D eigenvalue weighted by Crippen LogP contribution is 2.62. The Morgan fingerprint density at radius 2 is 1.95 bits per heavy atom. The molecule has 0 unspecified atom stereocenters. The van der Waals surface area contributed by atoms with E-state index in [2.05, 4.69) is 35.0 Å². The molecule has 1 aliphatic heterocycles. The molecule has 1 aromatic carbocycles. The van der Waals surface area contributed by atoms with E-state index >= 15 is 0 Å². The normalized spacial score (nSPS) is 39.9. The van der Waals surface area contributed by atoms with Crippen molar-refractivity contribution >= 4 is 15.9 Å². The Bertz CT molecular complexity index is 559. The molecule has 0 radical (unpaired) electrons. The van der Waals surface area contributed by atoms with Crippen LogP contribution in [0.3, 0.4) is 0 Å².